The minimum atomic E-state index is -0.395. The third-order valence-corrected chi connectivity index (χ3v) is 7.50. The average molecular weight is 472 g/mol. The van der Waals surface area contributed by atoms with E-state index in [1.165, 1.54) is 33.0 Å². The third kappa shape index (κ3) is 3.45. The smallest absolute Gasteiger partial charge is 0.352 e. The van der Waals surface area contributed by atoms with Crippen LogP contribution >= 0.6 is 22.9 Å². The Hall–Kier alpha value is -2.91. The highest BCUT2D eigenvalue weighted by atomic mass is 35.5. The number of hydrogen-bond donors (Lipinski definition) is 1. The molecule has 0 unspecified atom stereocenters. The van der Waals surface area contributed by atoms with Crippen molar-refractivity contribution in [1.82, 2.24) is 19.2 Å². The second-order valence-corrected chi connectivity index (χ2v) is 9.75. The minimum absolute atomic E-state index is 0.226. The highest BCUT2D eigenvalue weighted by Crippen LogP contribution is 2.38. The van der Waals surface area contributed by atoms with Crippen molar-refractivity contribution in [3.8, 4) is 5.75 Å². The van der Waals surface area contributed by atoms with E-state index >= 15 is 0 Å². The number of aromatic nitrogens is 4. The lowest BCUT2D eigenvalue weighted by molar-refractivity contribution is -0.117. The maximum absolute atomic E-state index is 12.9. The van der Waals surface area contributed by atoms with Gasteiger partial charge in [0.25, 0.3) is 0 Å². The Bertz CT molecular complexity index is 1440. The van der Waals surface area contributed by atoms with Crippen LogP contribution in [0.4, 0.5) is 5.69 Å². The van der Waals surface area contributed by atoms with Crippen molar-refractivity contribution >= 4 is 50.4 Å². The van der Waals surface area contributed by atoms with Crippen LogP contribution < -0.4 is 15.7 Å². The zero-order valence-electron chi connectivity index (χ0n) is 17.9. The standard InChI is InChI=1S/C22H22ClN5O3S/c1-11-4-5-13-17(6-11)32-21-19(13)20-26-28(22(30)27(20)10-24-21)9-18(29)25-15-7-12(2)14(23)8-16(15)31-3/h7-8,10-11H,4-6,9H2,1-3H3,(H,25,29)/t11-/m0/s1. The van der Waals surface area contributed by atoms with Gasteiger partial charge >= 0.3 is 5.69 Å². The lowest BCUT2D eigenvalue weighted by atomic mass is 9.89. The van der Waals surface area contributed by atoms with Crippen molar-refractivity contribution < 1.29 is 9.53 Å². The summed E-state index contributed by atoms with van der Waals surface area (Å²) in [4.78, 5) is 32.4. The van der Waals surface area contributed by atoms with Crippen molar-refractivity contribution in [2.45, 2.75) is 39.7 Å². The highest BCUT2D eigenvalue weighted by molar-refractivity contribution is 7.19. The van der Waals surface area contributed by atoms with Crippen LogP contribution in [0.3, 0.4) is 0 Å². The molecule has 32 heavy (non-hydrogen) atoms. The molecule has 1 atom stereocenters. The lowest BCUT2D eigenvalue weighted by Gasteiger charge is -2.17. The van der Waals surface area contributed by atoms with E-state index in [4.69, 9.17) is 16.3 Å². The molecule has 1 aromatic carbocycles. The predicted octanol–water partition coefficient (Wildman–Crippen LogP) is 3.84. The van der Waals surface area contributed by atoms with Crippen LogP contribution in [0.2, 0.25) is 5.02 Å². The van der Waals surface area contributed by atoms with Gasteiger partial charge in [-0.1, -0.05) is 18.5 Å². The van der Waals surface area contributed by atoms with Gasteiger partial charge in [-0.2, -0.15) is 0 Å². The zero-order valence-corrected chi connectivity index (χ0v) is 19.5. The molecule has 0 aliphatic heterocycles. The van der Waals surface area contributed by atoms with Crippen molar-refractivity contribution in [3.05, 3.63) is 50.0 Å². The van der Waals surface area contributed by atoms with Crippen LogP contribution in [0.5, 0.6) is 5.75 Å². The molecule has 4 aromatic rings. The molecule has 3 heterocycles. The number of rotatable bonds is 4. The number of anilines is 1. The van der Waals surface area contributed by atoms with Gasteiger partial charge in [0.05, 0.1) is 18.2 Å². The molecule has 1 aliphatic rings. The summed E-state index contributed by atoms with van der Waals surface area (Å²) in [5, 5.41) is 8.79. The third-order valence-electron chi connectivity index (χ3n) is 5.93. The van der Waals surface area contributed by atoms with Gasteiger partial charge in [-0.3, -0.25) is 4.79 Å². The van der Waals surface area contributed by atoms with Gasteiger partial charge in [0.1, 0.15) is 23.5 Å². The van der Waals surface area contributed by atoms with Gasteiger partial charge in [-0.25, -0.2) is 18.9 Å². The number of carbonyl (C=O) groups excluding carboxylic acids is 1. The largest absolute Gasteiger partial charge is 0.495 e. The topological polar surface area (TPSA) is 90.5 Å². The summed E-state index contributed by atoms with van der Waals surface area (Å²) in [5.74, 6) is 0.700. The summed E-state index contributed by atoms with van der Waals surface area (Å²) in [6.45, 7) is 3.87. The Morgan fingerprint density at radius 1 is 1.41 bits per heavy atom. The molecule has 166 valence electrons. The molecule has 10 heteroatoms. The van der Waals surface area contributed by atoms with Crippen LogP contribution in [0.1, 0.15) is 29.3 Å². The number of hydrogen-bond acceptors (Lipinski definition) is 6. The molecule has 1 amide bonds. The van der Waals surface area contributed by atoms with Gasteiger partial charge in [0.15, 0.2) is 5.65 Å². The van der Waals surface area contributed by atoms with E-state index in [9.17, 15) is 9.59 Å². The molecule has 8 nitrogen and oxygen atoms in total. The number of nitrogens with zero attached hydrogens (tertiary/aromatic N) is 4. The molecule has 5 rings (SSSR count). The molecular formula is C22H22ClN5O3S. The van der Waals surface area contributed by atoms with Gasteiger partial charge in [0, 0.05) is 16.0 Å². The number of halogens is 1. The van der Waals surface area contributed by atoms with Crippen molar-refractivity contribution in [2.24, 2.45) is 5.92 Å². The van der Waals surface area contributed by atoms with Crippen LogP contribution in [0, 0.1) is 12.8 Å². The normalized spacial score (nSPS) is 15.8. The molecule has 0 bridgehead atoms. The summed E-state index contributed by atoms with van der Waals surface area (Å²) in [6, 6.07) is 3.38. The summed E-state index contributed by atoms with van der Waals surface area (Å²) in [7, 11) is 1.50. The maximum Gasteiger partial charge on any atom is 0.352 e. The van der Waals surface area contributed by atoms with Crippen LogP contribution in [0.15, 0.2) is 23.3 Å². The second kappa shape index (κ2) is 7.90. The number of aryl methyl sites for hydroxylation is 2. The highest BCUT2D eigenvalue weighted by Gasteiger charge is 2.24. The van der Waals surface area contributed by atoms with E-state index < -0.39 is 5.69 Å². The zero-order chi connectivity index (χ0) is 22.6. The number of benzene rings is 1. The minimum Gasteiger partial charge on any atom is -0.495 e. The first-order chi connectivity index (χ1) is 15.4. The lowest BCUT2D eigenvalue weighted by Crippen LogP contribution is -2.28. The van der Waals surface area contributed by atoms with E-state index in [1.54, 1.807) is 23.5 Å². The Kier molecular flexibility index (Phi) is 5.17. The Labute approximate surface area is 192 Å². The summed E-state index contributed by atoms with van der Waals surface area (Å²) >= 11 is 7.81. The van der Waals surface area contributed by atoms with Gasteiger partial charge in [-0.05, 0) is 49.3 Å². The molecule has 0 radical (unpaired) electrons. The van der Waals surface area contributed by atoms with E-state index in [2.05, 4.69) is 22.3 Å². The molecule has 0 saturated heterocycles. The molecule has 1 N–H and O–H groups in total. The number of carbonyl (C=O) groups is 1. The van der Waals surface area contributed by atoms with E-state index in [1.807, 2.05) is 6.92 Å². The number of nitrogens with one attached hydrogen (secondary N) is 1. The quantitative estimate of drug-likeness (QED) is 0.488. The fourth-order valence-corrected chi connectivity index (χ4v) is 5.72. The van der Waals surface area contributed by atoms with E-state index in [0.717, 1.165) is 35.0 Å². The Morgan fingerprint density at radius 3 is 3.00 bits per heavy atom. The van der Waals surface area contributed by atoms with Crippen LogP contribution in [-0.2, 0) is 24.2 Å². The van der Waals surface area contributed by atoms with E-state index in [-0.39, 0.29) is 12.5 Å². The van der Waals surface area contributed by atoms with Crippen LogP contribution in [0.25, 0.3) is 15.9 Å². The molecular weight excluding hydrogens is 450 g/mol. The van der Waals surface area contributed by atoms with Gasteiger partial charge < -0.3 is 10.1 Å². The Balaban J connectivity index is 1.49. The van der Waals surface area contributed by atoms with E-state index in [0.29, 0.717) is 28.0 Å². The molecule has 0 spiro atoms. The fourth-order valence-electron chi connectivity index (χ4n) is 4.22. The monoisotopic (exact) mass is 471 g/mol. The summed E-state index contributed by atoms with van der Waals surface area (Å²) < 4.78 is 7.91. The average Bonchev–Trinajstić information content (AvgIpc) is 3.27. The SMILES string of the molecule is COc1cc(Cl)c(C)cc1NC(=O)Cn1nc2c3c4c(sc3ncn2c1=O)C[C@@H](C)CC4. The summed E-state index contributed by atoms with van der Waals surface area (Å²) in [5.41, 5.74) is 2.69. The number of thiophene rings is 1. The molecule has 0 fully saturated rings. The fraction of sp³-hybridized carbons (Fsp3) is 0.364. The van der Waals surface area contributed by atoms with Crippen molar-refractivity contribution in [1.29, 1.82) is 0 Å². The first kappa shape index (κ1) is 21.0. The first-order valence-electron chi connectivity index (χ1n) is 10.4. The van der Waals surface area contributed by atoms with Crippen molar-refractivity contribution in [3.63, 3.8) is 0 Å². The second-order valence-electron chi connectivity index (χ2n) is 8.26. The van der Waals surface area contributed by atoms with Crippen molar-refractivity contribution in [2.75, 3.05) is 12.4 Å². The van der Waals surface area contributed by atoms with Gasteiger partial charge in [-0.15, -0.1) is 16.4 Å². The molecule has 1 aliphatic carbocycles. The van der Waals surface area contributed by atoms with Gasteiger partial charge in [0.2, 0.25) is 5.91 Å². The Morgan fingerprint density at radius 2 is 2.22 bits per heavy atom. The number of fused-ring (bicyclic) bond motifs is 5. The number of amides is 1. The number of ether oxygens (including phenoxy) is 1. The van der Waals surface area contributed by atoms with Crippen LogP contribution in [-0.4, -0.2) is 32.2 Å². The summed E-state index contributed by atoms with van der Waals surface area (Å²) in [6.07, 6.45) is 4.58. The number of methoxy groups -OCH3 is 1. The first-order valence-corrected chi connectivity index (χ1v) is 11.6. The predicted molar refractivity (Wildman–Crippen MR) is 125 cm³/mol. The molecule has 0 saturated carbocycles. The maximum atomic E-state index is 12.9. The molecule has 3 aromatic heterocycles.